The summed E-state index contributed by atoms with van der Waals surface area (Å²) in [5.74, 6) is 1.95. The monoisotopic (exact) mass is 428 g/mol. The van der Waals surface area contributed by atoms with Crippen LogP contribution in [0.5, 0.6) is 5.75 Å². The number of thioether (sulfide) groups is 1. The first-order chi connectivity index (χ1) is 14.2. The van der Waals surface area contributed by atoms with Crippen molar-refractivity contribution in [2.24, 2.45) is 0 Å². The Labute approximate surface area is 178 Å². The summed E-state index contributed by atoms with van der Waals surface area (Å²) in [7, 11) is 1.64. The first-order valence-electron chi connectivity index (χ1n) is 9.42. The van der Waals surface area contributed by atoms with Gasteiger partial charge in [0.25, 0.3) is 0 Å². The summed E-state index contributed by atoms with van der Waals surface area (Å²) in [6.07, 6.45) is 2.16. The van der Waals surface area contributed by atoms with Crippen molar-refractivity contribution in [2.45, 2.75) is 18.0 Å². The molecule has 3 aromatic rings. The Morgan fingerprint density at radius 1 is 1.07 bits per heavy atom. The molecule has 1 amide bonds. The zero-order valence-corrected chi connectivity index (χ0v) is 17.6. The molecule has 0 radical (unpaired) electrons. The molecule has 1 saturated heterocycles. The van der Waals surface area contributed by atoms with E-state index in [1.165, 1.54) is 11.8 Å². The summed E-state index contributed by atoms with van der Waals surface area (Å²) in [6.45, 7) is 1.70. The van der Waals surface area contributed by atoms with Gasteiger partial charge in [-0.25, -0.2) is 0 Å². The molecule has 0 saturated carbocycles. The molecule has 1 aromatic heterocycles. The van der Waals surface area contributed by atoms with Crippen molar-refractivity contribution in [3.05, 3.63) is 53.6 Å². The number of carbonyl (C=O) groups excluding carboxylic acids is 1. The first kappa shape index (κ1) is 19.8. The van der Waals surface area contributed by atoms with Crippen molar-refractivity contribution >= 4 is 29.3 Å². The lowest BCUT2D eigenvalue weighted by molar-refractivity contribution is -0.127. The lowest BCUT2D eigenvalue weighted by atomic mass is 10.2. The molecule has 2 aromatic carbocycles. The van der Waals surface area contributed by atoms with Gasteiger partial charge in [-0.15, -0.1) is 10.2 Å². The Morgan fingerprint density at radius 3 is 2.41 bits per heavy atom. The Bertz CT molecular complexity index is 983. The molecule has 0 bridgehead atoms. The van der Waals surface area contributed by atoms with Crippen LogP contribution < -0.4 is 4.74 Å². The molecular weight excluding hydrogens is 408 g/mol. The summed E-state index contributed by atoms with van der Waals surface area (Å²) in [5.41, 5.74) is 1.80. The van der Waals surface area contributed by atoms with Crippen molar-refractivity contribution in [3.63, 3.8) is 0 Å². The highest BCUT2D eigenvalue weighted by atomic mass is 35.5. The highest BCUT2D eigenvalue weighted by molar-refractivity contribution is 7.99. The van der Waals surface area contributed by atoms with Crippen molar-refractivity contribution in [1.82, 2.24) is 19.7 Å². The third-order valence-electron chi connectivity index (χ3n) is 4.85. The van der Waals surface area contributed by atoms with Gasteiger partial charge >= 0.3 is 0 Å². The number of amides is 1. The van der Waals surface area contributed by atoms with Crippen LogP contribution in [0.2, 0.25) is 5.02 Å². The maximum Gasteiger partial charge on any atom is 0.233 e. The lowest BCUT2D eigenvalue weighted by Gasteiger charge is -2.15. The molecule has 6 nitrogen and oxygen atoms in total. The van der Waals surface area contributed by atoms with Crippen LogP contribution in [0.4, 0.5) is 0 Å². The minimum absolute atomic E-state index is 0.143. The Kier molecular flexibility index (Phi) is 6.06. The molecular formula is C21H21ClN4O2S. The second-order valence-corrected chi connectivity index (χ2v) is 8.10. The summed E-state index contributed by atoms with van der Waals surface area (Å²) in [5, 5.41) is 10.1. The van der Waals surface area contributed by atoms with Crippen LogP contribution in [0.25, 0.3) is 17.1 Å². The molecule has 0 atom stereocenters. The van der Waals surface area contributed by atoms with Crippen LogP contribution in [-0.4, -0.2) is 51.5 Å². The number of rotatable bonds is 6. The topological polar surface area (TPSA) is 60.2 Å². The third-order valence-corrected chi connectivity index (χ3v) is 6.02. The van der Waals surface area contributed by atoms with Gasteiger partial charge in [-0.2, -0.15) is 0 Å². The van der Waals surface area contributed by atoms with Crippen molar-refractivity contribution in [3.8, 4) is 22.8 Å². The van der Waals surface area contributed by atoms with E-state index in [0.29, 0.717) is 21.8 Å². The van der Waals surface area contributed by atoms with Gasteiger partial charge in [-0.1, -0.05) is 23.4 Å². The van der Waals surface area contributed by atoms with Crippen molar-refractivity contribution in [2.75, 3.05) is 26.0 Å². The molecule has 150 valence electrons. The van der Waals surface area contributed by atoms with Crippen molar-refractivity contribution < 1.29 is 9.53 Å². The summed E-state index contributed by atoms with van der Waals surface area (Å²) < 4.78 is 7.23. The molecule has 0 spiro atoms. The first-order valence-corrected chi connectivity index (χ1v) is 10.8. The zero-order valence-electron chi connectivity index (χ0n) is 16.0. The Morgan fingerprint density at radius 2 is 1.76 bits per heavy atom. The van der Waals surface area contributed by atoms with Crippen molar-refractivity contribution in [1.29, 1.82) is 0 Å². The van der Waals surface area contributed by atoms with Gasteiger partial charge < -0.3 is 9.64 Å². The summed E-state index contributed by atoms with van der Waals surface area (Å²) >= 11 is 7.44. The van der Waals surface area contributed by atoms with E-state index in [-0.39, 0.29) is 5.91 Å². The number of benzene rings is 2. The van der Waals surface area contributed by atoms with Crippen LogP contribution in [0.15, 0.2) is 53.7 Å². The molecule has 0 N–H and O–H groups in total. The van der Waals surface area contributed by atoms with Crippen LogP contribution in [0.3, 0.4) is 0 Å². The lowest BCUT2D eigenvalue weighted by Crippen LogP contribution is -2.29. The van der Waals surface area contributed by atoms with Crippen LogP contribution in [-0.2, 0) is 4.79 Å². The number of hydrogen-bond acceptors (Lipinski definition) is 5. The average Bonchev–Trinajstić information content (AvgIpc) is 3.43. The third kappa shape index (κ3) is 4.41. The molecule has 0 unspecified atom stereocenters. The molecule has 2 heterocycles. The SMILES string of the molecule is COc1ccc(-n2c(SCC(=O)N3CCCC3)nnc2-c2ccc(Cl)cc2)cc1. The van der Waals surface area contributed by atoms with E-state index >= 15 is 0 Å². The predicted octanol–water partition coefficient (Wildman–Crippen LogP) is 4.31. The van der Waals surface area contributed by atoms with E-state index in [1.54, 1.807) is 7.11 Å². The Balaban J connectivity index is 1.66. The predicted molar refractivity (Wildman–Crippen MR) is 115 cm³/mol. The average molecular weight is 429 g/mol. The van der Waals surface area contributed by atoms with Gasteiger partial charge in [-0.05, 0) is 61.4 Å². The van der Waals surface area contributed by atoms with E-state index in [2.05, 4.69) is 10.2 Å². The van der Waals surface area contributed by atoms with E-state index in [9.17, 15) is 4.79 Å². The van der Waals surface area contributed by atoms with Crippen LogP contribution >= 0.6 is 23.4 Å². The van der Waals surface area contributed by atoms with Gasteiger partial charge in [0, 0.05) is 29.4 Å². The minimum atomic E-state index is 0.143. The summed E-state index contributed by atoms with van der Waals surface area (Å²) in [6, 6.07) is 15.2. The Hall–Kier alpha value is -2.51. The fraction of sp³-hybridized carbons (Fsp3) is 0.286. The summed E-state index contributed by atoms with van der Waals surface area (Å²) in [4.78, 5) is 14.4. The minimum Gasteiger partial charge on any atom is -0.497 e. The smallest absolute Gasteiger partial charge is 0.233 e. The maximum atomic E-state index is 12.5. The van der Waals surface area contributed by atoms with Crippen LogP contribution in [0, 0.1) is 0 Å². The number of likely N-dealkylation sites (tertiary alicyclic amines) is 1. The fourth-order valence-electron chi connectivity index (χ4n) is 3.30. The molecule has 1 aliphatic heterocycles. The molecule has 0 aliphatic carbocycles. The molecule has 8 heteroatoms. The van der Waals surface area contributed by atoms with E-state index in [4.69, 9.17) is 16.3 Å². The number of methoxy groups -OCH3 is 1. The molecule has 1 aliphatic rings. The second-order valence-electron chi connectivity index (χ2n) is 6.72. The number of aromatic nitrogens is 3. The van der Waals surface area contributed by atoms with Gasteiger partial charge in [0.15, 0.2) is 11.0 Å². The number of halogens is 1. The largest absolute Gasteiger partial charge is 0.497 e. The molecule has 1 fully saturated rings. The number of hydrogen-bond donors (Lipinski definition) is 0. The number of carbonyl (C=O) groups is 1. The molecule has 29 heavy (non-hydrogen) atoms. The van der Waals surface area contributed by atoms with Gasteiger partial charge in [0.2, 0.25) is 5.91 Å². The van der Waals surface area contributed by atoms with Gasteiger partial charge in [0.1, 0.15) is 5.75 Å². The quantitative estimate of drug-likeness (QED) is 0.547. The van der Waals surface area contributed by atoms with E-state index < -0.39 is 0 Å². The molecule has 4 rings (SSSR count). The van der Waals surface area contributed by atoms with Crippen LogP contribution in [0.1, 0.15) is 12.8 Å². The number of ether oxygens (including phenoxy) is 1. The van der Waals surface area contributed by atoms with Gasteiger partial charge in [-0.3, -0.25) is 9.36 Å². The highest BCUT2D eigenvalue weighted by Gasteiger charge is 2.21. The van der Waals surface area contributed by atoms with E-state index in [1.807, 2.05) is 58.0 Å². The normalized spacial score (nSPS) is 13.7. The van der Waals surface area contributed by atoms with E-state index in [0.717, 1.165) is 42.9 Å². The second kappa shape index (κ2) is 8.88. The standard InChI is InChI=1S/C21H21ClN4O2S/c1-28-18-10-8-17(9-11-18)26-20(15-4-6-16(22)7-5-15)23-24-21(26)29-14-19(27)25-12-2-3-13-25/h4-11H,2-3,12-14H2,1H3. The highest BCUT2D eigenvalue weighted by Crippen LogP contribution is 2.30. The zero-order chi connectivity index (χ0) is 20.2. The fourth-order valence-corrected chi connectivity index (χ4v) is 4.28. The maximum absolute atomic E-state index is 12.5. The number of nitrogens with zero attached hydrogens (tertiary/aromatic N) is 4. The van der Waals surface area contributed by atoms with Gasteiger partial charge in [0.05, 0.1) is 12.9 Å².